The van der Waals surface area contributed by atoms with Crippen LogP contribution < -0.4 is 21.4 Å². The number of nitrogens with zero attached hydrogens (tertiary/aromatic N) is 1. The zero-order valence-electron chi connectivity index (χ0n) is 27.0. The van der Waals surface area contributed by atoms with Crippen molar-refractivity contribution in [3.63, 3.8) is 0 Å². The molecule has 2 heterocycles. The summed E-state index contributed by atoms with van der Waals surface area (Å²) in [6.07, 6.45) is 0.0697. The average Bonchev–Trinajstić information content (AvgIpc) is 3.56. The van der Waals surface area contributed by atoms with Crippen LogP contribution in [0.4, 0.5) is 4.39 Å². The quantitative estimate of drug-likeness (QED) is 0.132. The zero-order chi connectivity index (χ0) is 34.5. The molecule has 0 saturated carbocycles. The minimum Gasteiger partial charge on any atom is -0.465 e. The molecule has 1 aliphatic heterocycles. The van der Waals surface area contributed by atoms with Crippen LogP contribution in [0.5, 0.6) is 0 Å². The number of ether oxygens (including phenoxy) is 4. The summed E-state index contributed by atoms with van der Waals surface area (Å²) in [4.78, 5) is 52.3. The first-order valence-corrected chi connectivity index (χ1v) is 17.8. The van der Waals surface area contributed by atoms with Crippen molar-refractivity contribution in [2.24, 2.45) is 0 Å². The number of nitrogens with one attached hydrogen (secondary N) is 3. The fraction of sp³-hybridized carbons (Fsp3) is 0.455. The summed E-state index contributed by atoms with van der Waals surface area (Å²) in [5.74, 6) is -2.40. The number of hydrogen-bond acceptors (Lipinski definition) is 9. The van der Waals surface area contributed by atoms with Crippen LogP contribution in [0.2, 0.25) is 0 Å². The smallest absolute Gasteiger partial charge is 0.330 e. The summed E-state index contributed by atoms with van der Waals surface area (Å²) in [6.45, 7) is 3.98. The second-order valence-corrected chi connectivity index (χ2v) is 13.7. The molecule has 0 radical (unpaired) electrons. The topological polar surface area (TPSA) is 167 Å². The van der Waals surface area contributed by atoms with Crippen LogP contribution in [0, 0.1) is 5.82 Å². The Morgan fingerprint density at radius 2 is 1.46 bits per heavy atom. The third-order valence-corrected chi connectivity index (χ3v) is 9.40. The summed E-state index contributed by atoms with van der Waals surface area (Å²) in [5.41, 5.74) is -0.440. The predicted molar refractivity (Wildman–Crippen MR) is 175 cm³/mol. The Bertz CT molecular complexity index is 1580. The minimum atomic E-state index is -4.00. The summed E-state index contributed by atoms with van der Waals surface area (Å²) in [7, 11) is -4.00. The van der Waals surface area contributed by atoms with E-state index < -0.39 is 67.2 Å². The van der Waals surface area contributed by atoms with Gasteiger partial charge in [0, 0.05) is 6.42 Å². The first-order valence-electron chi connectivity index (χ1n) is 15.9. The van der Waals surface area contributed by atoms with Crippen molar-refractivity contribution >= 4 is 19.4 Å². The van der Waals surface area contributed by atoms with Gasteiger partial charge in [-0.2, -0.15) is 4.39 Å². The van der Waals surface area contributed by atoms with E-state index in [0.717, 1.165) is 21.9 Å². The van der Waals surface area contributed by atoms with Gasteiger partial charge < -0.3 is 18.9 Å². The Balaban J connectivity index is 1.60. The number of carbonyl (C=O) groups excluding carboxylic acids is 2. The van der Waals surface area contributed by atoms with Crippen LogP contribution in [0.25, 0.3) is 0 Å². The molecule has 1 saturated heterocycles. The van der Waals surface area contributed by atoms with Gasteiger partial charge in [0.2, 0.25) is 13.3 Å². The van der Waals surface area contributed by atoms with Crippen molar-refractivity contribution in [3.8, 4) is 0 Å². The molecule has 4 atom stereocenters. The number of H-pyrrole nitrogens is 1. The zero-order valence-corrected chi connectivity index (χ0v) is 27.9. The lowest BCUT2D eigenvalue weighted by Gasteiger charge is -2.29. The van der Waals surface area contributed by atoms with Crippen molar-refractivity contribution < 1.29 is 37.5 Å². The Morgan fingerprint density at radius 1 is 0.938 bits per heavy atom. The van der Waals surface area contributed by atoms with Crippen molar-refractivity contribution in [2.75, 3.05) is 26.2 Å². The fourth-order valence-corrected chi connectivity index (χ4v) is 7.10. The summed E-state index contributed by atoms with van der Waals surface area (Å²) < 4.78 is 52.3. The second kappa shape index (κ2) is 18.0. The number of benzene rings is 2. The second-order valence-electron chi connectivity index (χ2n) is 11.4. The SMILES string of the molecule is CCCOC(=O)[C@H](Cc1ccccc1)NP(=O)(CO[C@H]1CO[C@@H](n2cc(F)c(=O)[nH]c2=O)C1)N[C@@H](Cc1ccccc1)C(=O)OCCC. The number of aromatic amines is 1. The van der Waals surface area contributed by atoms with Gasteiger partial charge in [0.05, 0.1) is 32.1 Å². The molecule has 0 spiro atoms. The van der Waals surface area contributed by atoms with Crippen molar-refractivity contribution in [2.45, 2.75) is 70.4 Å². The molecule has 4 rings (SSSR count). The molecule has 0 amide bonds. The average molecular weight is 689 g/mol. The first-order chi connectivity index (χ1) is 23.1. The van der Waals surface area contributed by atoms with E-state index in [9.17, 15) is 28.1 Å². The third-order valence-electron chi connectivity index (χ3n) is 7.43. The van der Waals surface area contributed by atoms with E-state index in [1.165, 1.54) is 0 Å². The van der Waals surface area contributed by atoms with Crippen LogP contribution in [0.15, 0.2) is 76.4 Å². The van der Waals surface area contributed by atoms with Crippen molar-refractivity contribution in [3.05, 3.63) is 105 Å². The highest BCUT2D eigenvalue weighted by atomic mass is 31.2. The van der Waals surface area contributed by atoms with Crippen LogP contribution >= 0.6 is 7.44 Å². The van der Waals surface area contributed by atoms with Crippen molar-refractivity contribution in [1.82, 2.24) is 19.7 Å². The van der Waals surface area contributed by atoms with E-state index >= 15 is 0 Å². The molecule has 1 fully saturated rings. The van der Waals surface area contributed by atoms with Crippen molar-refractivity contribution in [1.29, 1.82) is 0 Å². The molecule has 0 aliphatic carbocycles. The molecular weight excluding hydrogens is 646 g/mol. The number of rotatable bonds is 18. The van der Waals surface area contributed by atoms with E-state index in [1.807, 2.05) is 79.5 Å². The van der Waals surface area contributed by atoms with Gasteiger partial charge in [-0.1, -0.05) is 74.5 Å². The monoisotopic (exact) mass is 688 g/mol. The summed E-state index contributed by atoms with van der Waals surface area (Å²) in [5, 5.41) is 5.91. The lowest BCUT2D eigenvalue weighted by atomic mass is 10.1. The maximum absolute atomic E-state index is 14.9. The van der Waals surface area contributed by atoms with Gasteiger partial charge in [0.15, 0.2) is 0 Å². The molecule has 1 aliphatic rings. The standard InChI is InChI=1S/C33H42FN4O9P/c1-3-15-44-31(40)27(17-23-11-7-5-8-12-23)36-48(43,37-28(32(41)45-16-4-2)18-24-13-9-6-10-14-24)22-47-25-19-29(46-21-25)38-20-26(34)30(39)35-33(38)42/h5-14,20,25,27-29H,3-4,15-19,21-22H2,1-2H3,(H,35,39,42)(H2,36,37,43)/t25-,27+,28+,29-/m1/s1. The number of hydrogen-bond donors (Lipinski definition) is 3. The van der Waals surface area contributed by atoms with Gasteiger partial charge in [-0.05, 0) is 36.8 Å². The highest BCUT2D eigenvalue weighted by molar-refractivity contribution is 7.59. The molecule has 1 aromatic heterocycles. The van der Waals surface area contributed by atoms with Gasteiger partial charge in [0.25, 0.3) is 5.56 Å². The molecule has 260 valence electrons. The Kier molecular flexibility index (Phi) is 13.8. The third kappa shape index (κ3) is 10.8. The molecule has 13 nitrogen and oxygen atoms in total. The Morgan fingerprint density at radius 3 is 1.96 bits per heavy atom. The number of halogens is 1. The maximum atomic E-state index is 14.9. The highest BCUT2D eigenvalue weighted by Gasteiger charge is 2.38. The van der Waals surface area contributed by atoms with E-state index in [0.29, 0.717) is 12.8 Å². The number of esters is 2. The molecule has 3 aromatic rings. The van der Waals surface area contributed by atoms with Gasteiger partial charge in [-0.15, -0.1) is 0 Å². The molecule has 48 heavy (non-hydrogen) atoms. The van der Waals surface area contributed by atoms with Crippen LogP contribution in [-0.4, -0.2) is 65.8 Å². The molecular formula is C33H42FN4O9P. The van der Waals surface area contributed by atoms with Gasteiger partial charge >= 0.3 is 17.6 Å². The van der Waals surface area contributed by atoms with E-state index in [2.05, 4.69) is 10.2 Å². The Labute approximate surface area is 277 Å². The molecule has 15 heteroatoms. The highest BCUT2D eigenvalue weighted by Crippen LogP contribution is 2.40. The predicted octanol–water partition coefficient (Wildman–Crippen LogP) is 3.44. The largest absolute Gasteiger partial charge is 0.465 e. The minimum absolute atomic E-state index is 0.0458. The van der Waals surface area contributed by atoms with Gasteiger partial charge in [-0.3, -0.25) is 28.5 Å². The number of carbonyl (C=O) groups is 2. The number of aromatic nitrogens is 2. The van der Waals surface area contributed by atoms with Gasteiger partial charge in [0.1, 0.15) is 24.7 Å². The fourth-order valence-electron chi connectivity index (χ4n) is 5.06. The van der Waals surface area contributed by atoms with Crippen LogP contribution in [-0.2, 0) is 45.9 Å². The van der Waals surface area contributed by atoms with E-state index in [4.69, 9.17) is 18.9 Å². The summed E-state index contributed by atoms with van der Waals surface area (Å²) in [6, 6.07) is 16.1. The van der Waals surface area contributed by atoms with E-state index in [1.54, 1.807) is 0 Å². The first kappa shape index (κ1) is 36.9. The lowest BCUT2D eigenvalue weighted by Crippen LogP contribution is -2.47. The molecule has 2 aromatic carbocycles. The Hall–Kier alpha value is -3.94. The normalized spacial score (nSPS) is 17.5. The molecule has 0 unspecified atom stereocenters. The molecule has 0 bridgehead atoms. The van der Waals surface area contributed by atoms with E-state index in [-0.39, 0.29) is 39.1 Å². The summed E-state index contributed by atoms with van der Waals surface area (Å²) >= 11 is 0. The lowest BCUT2D eigenvalue weighted by molar-refractivity contribution is -0.146. The van der Waals surface area contributed by atoms with Gasteiger partial charge in [-0.25, -0.2) is 15.0 Å². The van der Waals surface area contributed by atoms with Crippen LogP contribution in [0.1, 0.15) is 50.5 Å². The molecule has 3 N–H and O–H groups in total. The van der Waals surface area contributed by atoms with Crippen LogP contribution in [0.3, 0.4) is 0 Å². The maximum Gasteiger partial charge on any atom is 0.330 e.